The van der Waals surface area contributed by atoms with Crippen LogP contribution in [-0.4, -0.2) is 40.7 Å². The number of aromatic nitrogens is 1. The molecule has 0 aromatic carbocycles. The van der Waals surface area contributed by atoms with Crippen molar-refractivity contribution in [1.82, 2.24) is 15.2 Å². The standard InChI is InChI=1S/C14H21N3O2/c1-14(2,3)19-13(18)17-9-12(10-17)16-8-11-4-6-15-7-5-11/h4-7,12,16H,8-10H2,1-3H3. The van der Waals surface area contributed by atoms with Crippen LogP contribution in [0.1, 0.15) is 26.3 Å². The van der Waals surface area contributed by atoms with Crippen molar-refractivity contribution in [3.8, 4) is 0 Å². The Labute approximate surface area is 114 Å². The number of nitrogens with one attached hydrogen (secondary N) is 1. The number of ether oxygens (including phenoxy) is 1. The van der Waals surface area contributed by atoms with E-state index in [1.807, 2.05) is 32.9 Å². The Balaban J connectivity index is 1.68. The summed E-state index contributed by atoms with van der Waals surface area (Å²) in [5.41, 5.74) is 0.776. The molecule has 0 aliphatic carbocycles. The molecule has 2 rings (SSSR count). The first-order valence-corrected chi connectivity index (χ1v) is 6.54. The van der Waals surface area contributed by atoms with Gasteiger partial charge in [-0.3, -0.25) is 4.98 Å². The molecular formula is C14H21N3O2. The average Bonchev–Trinajstić information content (AvgIpc) is 2.25. The van der Waals surface area contributed by atoms with Crippen molar-refractivity contribution >= 4 is 6.09 Å². The second-order valence-corrected chi connectivity index (χ2v) is 5.82. The lowest BCUT2D eigenvalue weighted by Gasteiger charge is -2.40. The van der Waals surface area contributed by atoms with Crippen LogP contribution in [0.25, 0.3) is 0 Å². The highest BCUT2D eigenvalue weighted by Gasteiger charge is 2.33. The minimum atomic E-state index is -0.424. The van der Waals surface area contributed by atoms with Crippen LogP contribution >= 0.6 is 0 Å². The van der Waals surface area contributed by atoms with Gasteiger partial charge in [0, 0.05) is 38.1 Å². The SMILES string of the molecule is CC(C)(C)OC(=O)N1CC(NCc2ccncc2)C1. The van der Waals surface area contributed by atoms with Gasteiger partial charge in [0.25, 0.3) is 0 Å². The summed E-state index contributed by atoms with van der Waals surface area (Å²) in [4.78, 5) is 17.4. The summed E-state index contributed by atoms with van der Waals surface area (Å²) in [6.45, 7) is 7.85. The van der Waals surface area contributed by atoms with Crippen LogP contribution in [0.2, 0.25) is 0 Å². The van der Waals surface area contributed by atoms with Gasteiger partial charge in [-0.25, -0.2) is 4.79 Å². The minimum absolute atomic E-state index is 0.227. The molecular weight excluding hydrogens is 242 g/mol. The normalized spacial score (nSPS) is 16.1. The van der Waals surface area contributed by atoms with E-state index in [1.165, 1.54) is 5.56 Å². The molecule has 1 aliphatic rings. The number of carbonyl (C=O) groups excluding carboxylic acids is 1. The van der Waals surface area contributed by atoms with Crippen molar-refractivity contribution in [2.45, 2.75) is 39.0 Å². The fourth-order valence-electron chi connectivity index (χ4n) is 1.85. The predicted octanol–water partition coefficient (Wildman–Crippen LogP) is 1.79. The van der Waals surface area contributed by atoms with Crippen LogP contribution in [0.3, 0.4) is 0 Å². The number of nitrogens with zero attached hydrogens (tertiary/aromatic N) is 2. The number of amides is 1. The van der Waals surface area contributed by atoms with Crippen molar-refractivity contribution in [2.75, 3.05) is 13.1 Å². The van der Waals surface area contributed by atoms with Gasteiger partial charge in [-0.15, -0.1) is 0 Å². The molecule has 0 unspecified atom stereocenters. The Bertz CT molecular complexity index is 422. The molecule has 1 aliphatic heterocycles. The first kappa shape index (κ1) is 13.8. The summed E-state index contributed by atoms with van der Waals surface area (Å²) >= 11 is 0. The second kappa shape index (κ2) is 5.57. The molecule has 0 saturated carbocycles. The second-order valence-electron chi connectivity index (χ2n) is 5.82. The molecule has 104 valence electrons. The molecule has 1 N–H and O–H groups in total. The molecule has 0 spiro atoms. The molecule has 1 fully saturated rings. The molecule has 1 amide bonds. The van der Waals surface area contributed by atoms with Crippen molar-refractivity contribution in [3.05, 3.63) is 30.1 Å². The summed E-state index contributed by atoms with van der Waals surface area (Å²) in [6, 6.07) is 4.31. The van der Waals surface area contributed by atoms with E-state index in [2.05, 4.69) is 10.3 Å². The maximum atomic E-state index is 11.7. The van der Waals surface area contributed by atoms with Gasteiger partial charge in [-0.05, 0) is 38.5 Å². The zero-order chi connectivity index (χ0) is 13.9. The third-order valence-corrected chi connectivity index (χ3v) is 2.88. The third kappa shape index (κ3) is 4.21. The summed E-state index contributed by atoms with van der Waals surface area (Å²) in [5, 5.41) is 3.41. The van der Waals surface area contributed by atoms with Crippen LogP contribution in [-0.2, 0) is 11.3 Å². The number of hydrogen-bond acceptors (Lipinski definition) is 4. The van der Waals surface area contributed by atoms with Crippen molar-refractivity contribution in [2.24, 2.45) is 0 Å². The van der Waals surface area contributed by atoms with E-state index in [4.69, 9.17) is 4.74 Å². The van der Waals surface area contributed by atoms with Gasteiger partial charge in [-0.2, -0.15) is 0 Å². The highest BCUT2D eigenvalue weighted by atomic mass is 16.6. The number of hydrogen-bond donors (Lipinski definition) is 1. The van der Waals surface area contributed by atoms with Gasteiger partial charge in [0.05, 0.1) is 0 Å². The summed E-state index contributed by atoms with van der Waals surface area (Å²) in [6.07, 6.45) is 3.34. The van der Waals surface area contributed by atoms with E-state index in [9.17, 15) is 4.79 Å². The smallest absolute Gasteiger partial charge is 0.410 e. The molecule has 1 aromatic heterocycles. The van der Waals surface area contributed by atoms with E-state index in [0.29, 0.717) is 19.1 Å². The number of pyridine rings is 1. The number of likely N-dealkylation sites (tertiary alicyclic amines) is 1. The summed E-state index contributed by atoms with van der Waals surface area (Å²) < 4.78 is 5.30. The maximum Gasteiger partial charge on any atom is 0.410 e. The molecule has 1 saturated heterocycles. The minimum Gasteiger partial charge on any atom is -0.444 e. The van der Waals surface area contributed by atoms with Crippen LogP contribution in [0.4, 0.5) is 4.79 Å². The summed E-state index contributed by atoms with van der Waals surface area (Å²) in [7, 11) is 0. The molecule has 1 aromatic rings. The number of carbonyl (C=O) groups is 1. The molecule has 2 heterocycles. The zero-order valence-corrected chi connectivity index (χ0v) is 11.7. The molecule has 19 heavy (non-hydrogen) atoms. The van der Waals surface area contributed by atoms with E-state index < -0.39 is 5.60 Å². The molecule has 5 nitrogen and oxygen atoms in total. The van der Waals surface area contributed by atoms with Crippen LogP contribution in [0.5, 0.6) is 0 Å². The number of rotatable bonds is 3. The van der Waals surface area contributed by atoms with E-state index >= 15 is 0 Å². The van der Waals surface area contributed by atoms with Gasteiger partial charge in [-0.1, -0.05) is 0 Å². The van der Waals surface area contributed by atoms with Crippen LogP contribution in [0.15, 0.2) is 24.5 Å². The van der Waals surface area contributed by atoms with Gasteiger partial charge in [0.15, 0.2) is 0 Å². The van der Waals surface area contributed by atoms with Gasteiger partial charge in [0.1, 0.15) is 5.60 Å². The van der Waals surface area contributed by atoms with Crippen molar-refractivity contribution < 1.29 is 9.53 Å². The quantitative estimate of drug-likeness (QED) is 0.903. The van der Waals surface area contributed by atoms with Crippen LogP contribution in [0, 0.1) is 0 Å². The Morgan fingerprint density at radius 1 is 1.42 bits per heavy atom. The van der Waals surface area contributed by atoms with Gasteiger partial charge in [0.2, 0.25) is 0 Å². The molecule has 0 atom stereocenters. The van der Waals surface area contributed by atoms with E-state index in [1.54, 1.807) is 17.3 Å². The highest BCUT2D eigenvalue weighted by Crippen LogP contribution is 2.15. The molecule has 5 heteroatoms. The Hall–Kier alpha value is -1.62. The first-order valence-electron chi connectivity index (χ1n) is 6.54. The van der Waals surface area contributed by atoms with E-state index in [0.717, 1.165) is 6.54 Å². The topological polar surface area (TPSA) is 54.5 Å². The largest absolute Gasteiger partial charge is 0.444 e. The lowest BCUT2D eigenvalue weighted by molar-refractivity contribution is 0.00519. The highest BCUT2D eigenvalue weighted by molar-refractivity contribution is 5.69. The van der Waals surface area contributed by atoms with Crippen molar-refractivity contribution in [1.29, 1.82) is 0 Å². The first-order chi connectivity index (χ1) is 8.94. The van der Waals surface area contributed by atoms with Crippen LogP contribution < -0.4 is 5.32 Å². The molecule has 0 bridgehead atoms. The van der Waals surface area contributed by atoms with Gasteiger partial charge < -0.3 is 15.0 Å². The molecule has 0 radical (unpaired) electrons. The third-order valence-electron chi connectivity index (χ3n) is 2.88. The fourth-order valence-corrected chi connectivity index (χ4v) is 1.85. The maximum absolute atomic E-state index is 11.7. The lowest BCUT2D eigenvalue weighted by atomic mass is 10.1. The van der Waals surface area contributed by atoms with Gasteiger partial charge >= 0.3 is 6.09 Å². The van der Waals surface area contributed by atoms with E-state index in [-0.39, 0.29) is 6.09 Å². The Morgan fingerprint density at radius 2 is 2.05 bits per heavy atom. The fraction of sp³-hybridized carbons (Fsp3) is 0.571. The predicted molar refractivity (Wildman–Crippen MR) is 72.7 cm³/mol. The monoisotopic (exact) mass is 263 g/mol. The zero-order valence-electron chi connectivity index (χ0n) is 11.7. The lowest BCUT2D eigenvalue weighted by Crippen LogP contribution is -2.60. The van der Waals surface area contributed by atoms with Crippen molar-refractivity contribution in [3.63, 3.8) is 0 Å². The Morgan fingerprint density at radius 3 is 2.63 bits per heavy atom. The Kier molecular flexibility index (Phi) is 4.04. The summed E-state index contributed by atoms with van der Waals surface area (Å²) in [5.74, 6) is 0. The average molecular weight is 263 g/mol.